The van der Waals surface area contributed by atoms with Crippen molar-refractivity contribution in [2.45, 2.75) is 31.1 Å². The molecular formula is C13H23ClN2O2S. The minimum absolute atomic E-state index is 0. The molecule has 1 aromatic rings. The largest absolute Gasteiger partial charge is 0.318 e. The van der Waals surface area contributed by atoms with Crippen molar-refractivity contribution in [2.75, 3.05) is 20.1 Å². The Kier molecular flexibility index (Phi) is 8.25. The van der Waals surface area contributed by atoms with E-state index in [0.29, 0.717) is 23.9 Å². The summed E-state index contributed by atoms with van der Waals surface area (Å²) in [6.07, 6.45) is 1.05. The van der Waals surface area contributed by atoms with Gasteiger partial charge in [-0.3, -0.25) is 0 Å². The summed E-state index contributed by atoms with van der Waals surface area (Å²) >= 11 is 0. The van der Waals surface area contributed by atoms with E-state index in [9.17, 15) is 8.42 Å². The number of likely N-dealkylation sites (N-methyl/N-ethyl adjacent to an activating group) is 1. The second kappa shape index (κ2) is 8.53. The molecule has 6 heteroatoms. The van der Waals surface area contributed by atoms with E-state index in [-0.39, 0.29) is 12.4 Å². The minimum atomic E-state index is -3.37. The normalized spacial score (nSPS) is 12.8. The van der Waals surface area contributed by atoms with Gasteiger partial charge in [-0.2, -0.15) is 0 Å². The van der Waals surface area contributed by atoms with E-state index in [1.54, 1.807) is 19.2 Å². The highest BCUT2D eigenvalue weighted by atomic mass is 35.5. The fraction of sp³-hybridized carbons (Fsp3) is 0.538. The average Bonchev–Trinajstić information content (AvgIpc) is 2.38. The summed E-state index contributed by atoms with van der Waals surface area (Å²) in [6.45, 7) is 5.26. The molecular weight excluding hydrogens is 284 g/mol. The molecule has 0 aromatic heterocycles. The van der Waals surface area contributed by atoms with Gasteiger partial charge in [0.05, 0.1) is 4.90 Å². The lowest BCUT2D eigenvalue weighted by Crippen LogP contribution is -2.30. The van der Waals surface area contributed by atoms with Crippen LogP contribution in [0.15, 0.2) is 29.2 Å². The second-order valence-corrected chi connectivity index (χ2v) is 6.15. The first kappa shape index (κ1) is 18.4. The summed E-state index contributed by atoms with van der Waals surface area (Å²) in [5.74, 6) is 0.457. The van der Waals surface area contributed by atoms with Gasteiger partial charge in [0.2, 0.25) is 10.0 Å². The van der Waals surface area contributed by atoms with Crippen molar-refractivity contribution in [2.24, 2.45) is 0 Å². The maximum atomic E-state index is 11.9. The van der Waals surface area contributed by atoms with Crippen molar-refractivity contribution < 1.29 is 8.42 Å². The molecule has 1 unspecified atom stereocenters. The smallest absolute Gasteiger partial charge is 0.240 e. The highest BCUT2D eigenvalue weighted by Gasteiger charge is 2.13. The van der Waals surface area contributed by atoms with Gasteiger partial charge >= 0.3 is 0 Å². The number of hydrogen-bond donors (Lipinski definition) is 2. The number of halogens is 1. The molecule has 0 saturated carbocycles. The molecule has 0 amide bonds. The van der Waals surface area contributed by atoms with Crippen LogP contribution in [0.5, 0.6) is 0 Å². The van der Waals surface area contributed by atoms with Gasteiger partial charge < -0.3 is 5.32 Å². The third kappa shape index (κ3) is 5.48. The van der Waals surface area contributed by atoms with Gasteiger partial charge in [-0.25, -0.2) is 13.1 Å². The summed E-state index contributed by atoms with van der Waals surface area (Å²) in [5.41, 5.74) is 1.17. The number of sulfonamides is 1. The SMILES string of the molecule is CCC(C)c1ccc(S(=O)(=O)NCCNC)cc1.Cl. The standard InChI is InChI=1S/C13H22N2O2S.ClH/c1-4-11(2)12-5-7-13(8-6-12)18(16,17)15-10-9-14-3;/h5-8,11,14-15H,4,9-10H2,1-3H3;1H. The van der Waals surface area contributed by atoms with E-state index >= 15 is 0 Å². The molecule has 0 radical (unpaired) electrons. The van der Waals surface area contributed by atoms with Gasteiger partial charge in [0.15, 0.2) is 0 Å². The summed E-state index contributed by atoms with van der Waals surface area (Å²) < 4.78 is 26.4. The lowest BCUT2D eigenvalue weighted by Gasteiger charge is -2.10. The Balaban J connectivity index is 0.00000324. The molecule has 110 valence electrons. The van der Waals surface area contributed by atoms with Gasteiger partial charge in [0, 0.05) is 13.1 Å². The van der Waals surface area contributed by atoms with E-state index in [1.807, 2.05) is 12.1 Å². The van der Waals surface area contributed by atoms with Crippen LogP contribution < -0.4 is 10.0 Å². The molecule has 4 nitrogen and oxygen atoms in total. The minimum Gasteiger partial charge on any atom is -0.318 e. The van der Waals surface area contributed by atoms with Crippen molar-refractivity contribution in [3.63, 3.8) is 0 Å². The number of hydrogen-bond acceptors (Lipinski definition) is 3. The van der Waals surface area contributed by atoms with Crippen molar-refractivity contribution >= 4 is 22.4 Å². The van der Waals surface area contributed by atoms with Crippen molar-refractivity contribution in [1.29, 1.82) is 0 Å². The topological polar surface area (TPSA) is 58.2 Å². The first-order valence-electron chi connectivity index (χ1n) is 6.25. The van der Waals surface area contributed by atoms with Crippen LogP contribution in [-0.4, -0.2) is 28.6 Å². The van der Waals surface area contributed by atoms with Gasteiger partial charge in [0.25, 0.3) is 0 Å². The highest BCUT2D eigenvalue weighted by molar-refractivity contribution is 7.89. The molecule has 0 fully saturated rings. The Labute approximate surface area is 122 Å². The molecule has 0 aliphatic carbocycles. The van der Waals surface area contributed by atoms with Crippen LogP contribution in [0, 0.1) is 0 Å². The third-order valence-corrected chi connectivity index (χ3v) is 4.52. The Morgan fingerprint density at radius 1 is 1.16 bits per heavy atom. The van der Waals surface area contributed by atoms with Crippen LogP contribution in [0.25, 0.3) is 0 Å². The average molecular weight is 307 g/mol. The number of benzene rings is 1. The zero-order valence-corrected chi connectivity index (χ0v) is 13.3. The van der Waals surface area contributed by atoms with E-state index in [1.165, 1.54) is 5.56 Å². The zero-order chi connectivity index (χ0) is 13.6. The zero-order valence-electron chi connectivity index (χ0n) is 11.6. The molecule has 1 atom stereocenters. The molecule has 0 aliphatic heterocycles. The highest BCUT2D eigenvalue weighted by Crippen LogP contribution is 2.20. The van der Waals surface area contributed by atoms with Gasteiger partial charge in [0.1, 0.15) is 0 Å². The number of nitrogens with one attached hydrogen (secondary N) is 2. The second-order valence-electron chi connectivity index (χ2n) is 4.38. The lowest BCUT2D eigenvalue weighted by molar-refractivity contribution is 0.579. The monoisotopic (exact) mass is 306 g/mol. The van der Waals surface area contributed by atoms with Gasteiger partial charge in [-0.05, 0) is 37.1 Å². The van der Waals surface area contributed by atoms with E-state index in [4.69, 9.17) is 0 Å². The first-order chi connectivity index (χ1) is 8.51. The van der Waals surface area contributed by atoms with E-state index in [2.05, 4.69) is 23.9 Å². The van der Waals surface area contributed by atoms with Crippen LogP contribution in [0.4, 0.5) is 0 Å². The molecule has 2 N–H and O–H groups in total. The molecule has 0 heterocycles. The molecule has 19 heavy (non-hydrogen) atoms. The number of rotatable bonds is 7. The Morgan fingerprint density at radius 3 is 2.21 bits per heavy atom. The molecule has 0 aliphatic rings. The predicted octanol–water partition coefficient (Wildman–Crippen LogP) is 2.12. The molecule has 0 saturated heterocycles. The molecule has 0 spiro atoms. The van der Waals surface area contributed by atoms with Crippen LogP contribution in [-0.2, 0) is 10.0 Å². The van der Waals surface area contributed by atoms with Gasteiger partial charge in [-0.1, -0.05) is 26.0 Å². The van der Waals surface area contributed by atoms with E-state index < -0.39 is 10.0 Å². The Hall–Kier alpha value is -0.620. The summed E-state index contributed by atoms with van der Waals surface area (Å²) in [6, 6.07) is 7.12. The molecule has 1 rings (SSSR count). The quantitative estimate of drug-likeness (QED) is 0.759. The van der Waals surface area contributed by atoms with Crippen molar-refractivity contribution in [3.8, 4) is 0 Å². The summed E-state index contributed by atoms with van der Waals surface area (Å²) in [4.78, 5) is 0.325. The van der Waals surface area contributed by atoms with Crippen molar-refractivity contribution in [1.82, 2.24) is 10.0 Å². The van der Waals surface area contributed by atoms with Crippen LogP contribution >= 0.6 is 12.4 Å². The van der Waals surface area contributed by atoms with Gasteiger partial charge in [-0.15, -0.1) is 12.4 Å². The molecule has 1 aromatic carbocycles. The van der Waals surface area contributed by atoms with Crippen LogP contribution in [0.1, 0.15) is 31.7 Å². The van der Waals surface area contributed by atoms with E-state index in [0.717, 1.165) is 6.42 Å². The summed E-state index contributed by atoms with van der Waals surface area (Å²) in [5, 5.41) is 2.90. The fourth-order valence-corrected chi connectivity index (χ4v) is 2.64. The predicted molar refractivity (Wildman–Crippen MR) is 81.5 cm³/mol. The summed E-state index contributed by atoms with van der Waals surface area (Å²) in [7, 11) is -1.58. The Bertz CT molecular complexity index is 460. The van der Waals surface area contributed by atoms with Crippen molar-refractivity contribution in [3.05, 3.63) is 29.8 Å². The first-order valence-corrected chi connectivity index (χ1v) is 7.73. The van der Waals surface area contributed by atoms with Crippen LogP contribution in [0.3, 0.4) is 0 Å². The van der Waals surface area contributed by atoms with Crippen LogP contribution in [0.2, 0.25) is 0 Å². The third-order valence-electron chi connectivity index (χ3n) is 3.04. The maximum absolute atomic E-state index is 11.9. The maximum Gasteiger partial charge on any atom is 0.240 e. The Morgan fingerprint density at radius 2 is 1.74 bits per heavy atom. The lowest BCUT2D eigenvalue weighted by atomic mass is 9.99. The fourth-order valence-electron chi connectivity index (χ4n) is 1.60. The molecule has 0 bridgehead atoms.